The van der Waals surface area contributed by atoms with Gasteiger partial charge in [-0.2, -0.15) is 0 Å². The second-order valence-corrected chi connectivity index (χ2v) is 5.82. The van der Waals surface area contributed by atoms with Crippen molar-refractivity contribution in [2.24, 2.45) is 0 Å². The van der Waals surface area contributed by atoms with Gasteiger partial charge in [-0.25, -0.2) is 13.2 Å². The van der Waals surface area contributed by atoms with Gasteiger partial charge in [0.25, 0.3) is 0 Å². The zero-order valence-corrected chi connectivity index (χ0v) is 14.6. The minimum Gasteiger partial charge on any atom is -0.748 e. The molecule has 19 heavy (non-hydrogen) atoms. The Bertz CT molecular complexity index is 364. The molecular formula is C12H21NaO5S. The van der Waals surface area contributed by atoms with E-state index in [4.69, 9.17) is 4.74 Å². The fourth-order valence-corrected chi connectivity index (χ4v) is 1.93. The molecule has 0 fully saturated rings. The summed E-state index contributed by atoms with van der Waals surface area (Å²) in [6, 6.07) is 0. The number of rotatable bonds is 10. The summed E-state index contributed by atoms with van der Waals surface area (Å²) < 4.78 is 35.9. The molecule has 0 spiro atoms. The molecule has 0 aliphatic carbocycles. The van der Waals surface area contributed by atoms with Crippen LogP contribution < -0.4 is 29.6 Å². The maximum atomic E-state index is 11.0. The molecule has 0 radical (unpaired) electrons. The van der Waals surface area contributed by atoms with Crippen molar-refractivity contribution in [2.45, 2.75) is 45.4 Å². The Labute approximate surface area is 137 Å². The number of hydrogen-bond acceptors (Lipinski definition) is 5. The van der Waals surface area contributed by atoms with Crippen molar-refractivity contribution in [1.82, 2.24) is 0 Å². The summed E-state index contributed by atoms with van der Waals surface area (Å²) in [5.41, 5.74) is 0.397. The van der Waals surface area contributed by atoms with Crippen molar-refractivity contribution >= 4 is 16.1 Å². The number of carbonyl (C=O) groups excluding carboxylic acids is 1. The first kappa shape index (κ1) is 21.4. The van der Waals surface area contributed by atoms with Crippen LogP contribution in [0.3, 0.4) is 0 Å². The molecule has 106 valence electrons. The van der Waals surface area contributed by atoms with E-state index in [0.29, 0.717) is 18.6 Å². The first-order valence-electron chi connectivity index (χ1n) is 6.09. The molecule has 0 heterocycles. The van der Waals surface area contributed by atoms with E-state index < -0.39 is 10.1 Å². The molecular weight excluding hydrogens is 279 g/mol. The second kappa shape index (κ2) is 11.9. The van der Waals surface area contributed by atoms with E-state index in [1.54, 1.807) is 6.92 Å². The average Bonchev–Trinajstić information content (AvgIpc) is 2.24. The Morgan fingerprint density at radius 3 is 2.05 bits per heavy atom. The predicted octanol–water partition coefficient (Wildman–Crippen LogP) is -1.00. The van der Waals surface area contributed by atoms with E-state index in [2.05, 4.69) is 6.58 Å². The quantitative estimate of drug-likeness (QED) is 0.170. The third kappa shape index (κ3) is 16.1. The van der Waals surface area contributed by atoms with Crippen molar-refractivity contribution in [3.8, 4) is 0 Å². The first-order chi connectivity index (χ1) is 8.33. The third-order valence-electron chi connectivity index (χ3n) is 2.37. The van der Waals surface area contributed by atoms with Crippen LogP contribution in [0.5, 0.6) is 0 Å². The van der Waals surface area contributed by atoms with Crippen LogP contribution >= 0.6 is 0 Å². The van der Waals surface area contributed by atoms with Crippen LogP contribution in [0, 0.1) is 0 Å². The fraction of sp³-hybridized carbons (Fsp3) is 0.750. The molecule has 5 nitrogen and oxygen atoms in total. The second-order valence-electron chi connectivity index (χ2n) is 4.30. The smallest absolute Gasteiger partial charge is 0.748 e. The molecule has 0 bridgehead atoms. The third-order valence-corrected chi connectivity index (χ3v) is 3.16. The molecule has 0 atom stereocenters. The molecule has 7 heteroatoms. The standard InChI is InChI=1S/C12H22O5S.Na/c1-11(2)12(13)17-9-7-5-3-4-6-8-10-18(14,15)16;/h1,3-10H2,2H3,(H,14,15,16);/q;+1/p-1. The van der Waals surface area contributed by atoms with E-state index in [1.165, 1.54) is 0 Å². The summed E-state index contributed by atoms with van der Waals surface area (Å²) in [6.45, 7) is 5.47. The van der Waals surface area contributed by atoms with Crippen LogP contribution in [-0.2, 0) is 19.6 Å². The van der Waals surface area contributed by atoms with Gasteiger partial charge < -0.3 is 9.29 Å². The molecule has 0 saturated heterocycles. The molecule has 0 unspecified atom stereocenters. The maximum Gasteiger partial charge on any atom is 1.00 e. The van der Waals surface area contributed by atoms with Crippen molar-refractivity contribution in [2.75, 3.05) is 12.4 Å². The predicted molar refractivity (Wildman–Crippen MR) is 68.0 cm³/mol. The topological polar surface area (TPSA) is 83.5 Å². The Kier molecular flexibility index (Phi) is 13.4. The van der Waals surface area contributed by atoms with Gasteiger partial charge in [0.05, 0.1) is 16.7 Å². The Balaban J connectivity index is 0. The Morgan fingerprint density at radius 2 is 1.58 bits per heavy atom. The van der Waals surface area contributed by atoms with Gasteiger partial charge in [0, 0.05) is 11.3 Å². The van der Waals surface area contributed by atoms with Gasteiger partial charge >= 0.3 is 35.5 Å². The zero-order valence-electron chi connectivity index (χ0n) is 11.8. The van der Waals surface area contributed by atoms with Gasteiger partial charge in [0.2, 0.25) is 0 Å². The molecule has 0 aliphatic heterocycles. The first-order valence-corrected chi connectivity index (χ1v) is 7.67. The summed E-state index contributed by atoms with van der Waals surface area (Å²) >= 11 is 0. The van der Waals surface area contributed by atoms with Crippen LogP contribution in [-0.4, -0.2) is 31.3 Å². The van der Waals surface area contributed by atoms with Gasteiger partial charge in [-0.1, -0.05) is 32.3 Å². The largest absolute Gasteiger partial charge is 1.00 e. The number of ether oxygens (including phenoxy) is 1. The van der Waals surface area contributed by atoms with Gasteiger partial charge in [0.1, 0.15) is 0 Å². The maximum absolute atomic E-state index is 11.0. The molecule has 0 aromatic carbocycles. The van der Waals surface area contributed by atoms with E-state index >= 15 is 0 Å². The number of unbranched alkanes of at least 4 members (excludes halogenated alkanes) is 5. The number of hydrogen-bond donors (Lipinski definition) is 0. The molecule has 0 rings (SSSR count). The van der Waals surface area contributed by atoms with E-state index in [0.717, 1.165) is 32.1 Å². The van der Waals surface area contributed by atoms with Crippen molar-refractivity contribution < 1.29 is 52.1 Å². The molecule has 0 aromatic heterocycles. The monoisotopic (exact) mass is 300 g/mol. The molecule has 0 aromatic rings. The van der Waals surface area contributed by atoms with Crippen molar-refractivity contribution in [3.05, 3.63) is 12.2 Å². The summed E-state index contributed by atoms with van der Waals surface area (Å²) in [5.74, 6) is -0.640. The van der Waals surface area contributed by atoms with E-state index in [-0.39, 0.29) is 41.3 Å². The molecule has 0 saturated carbocycles. The van der Waals surface area contributed by atoms with E-state index in [9.17, 15) is 17.8 Å². The molecule has 0 amide bonds. The van der Waals surface area contributed by atoms with Crippen LogP contribution in [0.25, 0.3) is 0 Å². The normalized spacial score (nSPS) is 10.6. The Morgan fingerprint density at radius 1 is 1.11 bits per heavy atom. The van der Waals surface area contributed by atoms with Gasteiger partial charge in [-0.05, 0) is 19.8 Å². The van der Waals surface area contributed by atoms with Gasteiger partial charge in [-0.3, -0.25) is 0 Å². The van der Waals surface area contributed by atoms with Crippen molar-refractivity contribution in [1.29, 1.82) is 0 Å². The van der Waals surface area contributed by atoms with Gasteiger partial charge in [-0.15, -0.1) is 0 Å². The van der Waals surface area contributed by atoms with Gasteiger partial charge in [0.15, 0.2) is 0 Å². The average molecular weight is 300 g/mol. The SMILES string of the molecule is C=C(C)C(=O)OCCCCCCCCS(=O)(=O)[O-].[Na+]. The molecule has 0 aliphatic rings. The number of carbonyl (C=O) groups is 1. The van der Waals surface area contributed by atoms with Crippen LogP contribution in [0.2, 0.25) is 0 Å². The summed E-state index contributed by atoms with van der Waals surface area (Å²) in [7, 11) is -4.06. The van der Waals surface area contributed by atoms with E-state index in [1.807, 2.05) is 0 Å². The Hall–Kier alpha value is 0.120. The van der Waals surface area contributed by atoms with Crippen LogP contribution in [0.4, 0.5) is 0 Å². The number of esters is 1. The minimum absolute atomic E-state index is 0. The minimum atomic E-state index is -4.06. The summed E-state index contributed by atoms with van der Waals surface area (Å²) in [6.07, 6.45) is 4.73. The van der Waals surface area contributed by atoms with Crippen LogP contribution in [0.1, 0.15) is 45.4 Å². The molecule has 0 N–H and O–H groups in total. The fourth-order valence-electron chi connectivity index (χ4n) is 1.38. The van der Waals surface area contributed by atoms with Crippen molar-refractivity contribution in [3.63, 3.8) is 0 Å². The summed E-state index contributed by atoms with van der Waals surface area (Å²) in [5, 5.41) is 0. The summed E-state index contributed by atoms with van der Waals surface area (Å²) in [4.78, 5) is 11.0. The van der Waals surface area contributed by atoms with Crippen LogP contribution in [0.15, 0.2) is 12.2 Å². The zero-order chi connectivity index (χ0) is 14.0.